The van der Waals surface area contributed by atoms with E-state index in [0.29, 0.717) is 0 Å². The summed E-state index contributed by atoms with van der Waals surface area (Å²) in [6.45, 7) is 0.159. The molecule has 0 saturated heterocycles. The molecule has 1 N–H and O–H groups in total. The largest absolute Gasteiger partial charge is 0.374 e. The first-order valence-corrected chi connectivity index (χ1v) is 6.29. The van der Waals surface area contributed by atoms with E-state index in [1.54, 1.807) is 0 Å². The fraction of sp³-hybridized carbons (Fsp3) is 0.357. The molecule has 110 valence electrons. The number of nitrogens with zero attached hydrogens (tertiary/aromatic N) is 3. The van der Waals surface area contributed by atoms with Crippen molar-refractivity contribution in [1.29, 1.82) is 10.5 Å². The topological polar surface area (TPSA) is 79.9 Å². The van der Waals surface area contributed by atoms with Crippen LogP contribution in [0, 0.1) is 34.3 Å². The third-order valence-corrected chi connectivity index (χ3v) is 2.72. The molecule has 1 amide bonds. The molecular weight excluding hydrogens is 278 g/mol. The maximum Gasteiger partial charge on any atom is 0.241 e. The molecule has 1 aromatic carbocycles. The van der Waals surface area contributed by atoms with Gasteiger partial charge in [-0.25, -0.2) is 8.78 Å². The molecule has 0 aliphatic heterocycles. The van der Waals surface area contributed by atoms with Crippen LogP contribution in [0.5, 0.6) is 0 Å². The Morgan fingerprint density at radius 2 is 1.81 bits per heavy atom. The fourth-order valence-corrected chi connectivity index (χ4v) is 1.65. The van der Waals surface area contributed by atoms with E-state index < -0.39 is 11.6 Å². The molecule has 0 aliphatic rings. The summed E-state index contributed by atoms with van der Waals surface area (Å²) >= 11 is 0. The van der Waals surface area contributed by atoms with Gasteiger partial charge in [-0.2, -0.15) is 10.5 Å². The Hall–Kier alpha value is -2.67. The maximum atomic E-state index is 13.4. The summed E-state index contributed by atoms with van der Waals surface area (Å²) in [5.74, 6) is -2.44. The average molecular weight is 292 g/mol. The predicted octanol–water partition coefficient (Wildman–Crippen LogP) is 2.03. The number of rotatable bonds is 7. The van der Waals surface area contributed by atoms with Gasteiger partial charge in [0.25, 0.3) is 0 Å². The summed E-state index contributed by atoms with van der Waals surface area (Å²) in [6.07, 6.45) is 0.289. The molecule has 0 heterocycles. The molecule has 1 aromatic rings. The van der Waals surface area contributed by atoms with Crippen molar-refractivity contribution < 1.29 is 13.6 Å². The van der Waals surface area contributed by atoms with Gasteiger partial charge in [-0.15, -0.1) is 0 Å². The van der Waals surface area contributed by atoms with Crippen LogP contribution in [0.2, 0.25) is 0 Å². The van der Waals surface area contributed by atoms with Crippen molar-refractivity contribution in [3.63, 3.8) is 0 Å². The molecule has 0 spiro atoms. The zero-order valence-corrected chi connectivity index (χ0v) is 11.3. The number of nitriles is 2. The third kappa shape index (κ3) is 5.07. The summed E-state index contributed by atoms with van der Waals surface area (Å²) in [5, 5.41) is 19.6. The zero-order valence-electron chi connectivity index (χ0n) is 11.3. The Morgan fingerprint density at radius 1 is 1.19 bits per heavy atom. The van der Waals surface area contributed by atoms with Gasteiger partial charge in [0.2, 0.25) is 5.91 Å². The molecule has 0 saturated carbocycles. The van der Waals surface area contributed by atoms with E-state index in [4.69, 9.17) is 10.5 Å². The van der Waals surface area contributed by atoms with E-state index in [1.165, 1.54) is 17.0 Å². The minimum Gasteiger partial charge on any atom is -0.374 e. The monoisotopic (exact) mass is 292 g/mol. The number of hydrogen-bond acceptors (Lipinski definition) is 4. The zero-order chi connectivity index (χ0) is 15.7. The van der Waals surface area contributed by atoms with Gasteiger partial charge >= 0.3 is 0 Å². The van der Waals surface area contributed by atoms with Gasteiger partial charge in [-0.3, -0.25) is 4.79 Å². The van der Waals surface area contributed by atoms with Crippen LogP contribution < -0.4 is 5.32 Å². The average Bonchev–Trinajstić information content (AvgIpc) is 2.48. The van der Waals surface area contributed by atoms with Crippen molar-refractivity contribution in [1.82, 2.24) is 4.90 Å². The Balaban J connectivity index is 2.62. The number of benzene rings is 1. The number of amides is 1. The molecule has 1 rings (SSSR count). The summed E-state index contributed by atoms with van der Waals surface area (Å²) in [4.78, 5) is 13.3. The number of anilines is 1. The SMILES string of the molecule is N#CCCN(CCC#N)C(=O)CNc1cccc(F)c1F. The highest BCUT2D eigenvalue weighted by molar-refractivity contribution is 5.81. The van der Waals surface area contributed by atoms with Gasteiger partial charge in [0.05, 0.1) is 37.2 Å². The lowest BCUT2D eigenvalue weighted by molar-refractivity contribution is -0.129. The summed E-state index contributed by atoms with van der Waals surface area (Å²) in [6, 6.07) is 7.45. The highest BCUT2D eigenvalue weighted by atomic mass is 19.2. The Kier molecular flexibility index (Phi) is 6.62. The minimum absolute atomic E-state index is 0.108. The smallest absolute Gasteiger partial charge is 0.241 e. The van der Waals surface area contributed by atoms with Crippen molar-refractivity contribution in [3.8, 4) is 12.1 Å². The second kappa shape index (κ2) is 8.49. The molecule has 0 atom stereocenters. The van der Waals surface area contributed by atoms with E-state index >= 15 is 0 Å². The molecule has 21 heavy (non-hydrogen) atoms. The lowest BCUT2D eigenvalue weighted by atomic mass is 10.3. The minimum atomic E-state index is -1.05. The highest BCUT2D eigenvalue weighted by Gasteiger charge is 2.14. The van der Waals surface area contributed by atoms with Crippen molar-refractivity contribution in [2.75, 3.05) is 25.0 Å². The fourth-order valence-electron chi connectivity index (χ4n) is 1.65. The number of halogens is 2. The molecule has 0 unspecified atom stereocenters. The van der Waals surface area contributed by atoms with Crippen LogP contribution in [0.25, 0.3) is 0 Å². The number of carbonyl (C=O) groups excluding carboxylic acids is 1. The van der Waals surface area contributed by atoms with E-state index in [-0.39, 0.29) is 44.1 Å². The first-order chi connectivity index (χ1) is 10.1. The molecule has 0 radical (unpaired) electrons. The van der Waals surface area contributed by atoms with Crippen LogP contribution in [0.15, 0.2) is 18.2 Å². The number of hydrogen-bond donors (Lipinski definition) is 1. The van der Waals surface area contributed by atoms with Gasteiger partial charge in [-0.05, 0) is 12.1 Å². The van der Waals surface area contributed by atoms with Crippen LogP contribution in [-0.2, 0) is 4.79 Å². The molecule has 0 aromatic heterocycles. The maximum absolute atomic E-state index is 13.4. The quantitative estimate of drug-likeness (QED) is 0.834. The van der Waals surface area contributed by atoms with E-state index in [1.807, 2.05) is 12.1 Å². The lowest BCUT2D eigenvalue weighted by Gasteiger charge is -2.20. The van der Waals surface area contributed by atoms with Crippen molar-refractivity contribution in [2.24, 2.45) is 0 Å². The second-order valence-corrected chi connectivity index (χ2v) is 4.15. The van der Waals surface area contributed by atoms with Gasteiger partial charge in [-0.1, -0.05) is 6.07 Å². The molecular formula is C14H14F2N4O. The van der Waals surface area contributed by atoms with Gasteiger partial charge in [0.15, 0.2) is 11.6 Å². The van der Waals surface area contributed by atoms with Crippen molar-refractivity contribution in [2.45, 2.75) is 12.8 Å². The summed E-state index contributed by atoms with van der Waals surface area (Å²) in [5.41, 5.74) is -0.108. The van der Waals surface area contributed by atoms with Crippen LogP contribution in [0.1, 0.15) is 12.8 Å². The Morgan fingerprint density at radius 3 is 2.38 bits per heavy atom. The third-order valence-electron chi connectivity index (χ3n) is 2.72. The number of carbonyl (C=O) groups is 1. The van der Waals surface area contributed by atoms with Gasteiger partial charge in [0, 0.05) is 13.1 Å². The Labute approximate surface area is 121 Å². The van der Waals surface area contributed by atoms with Crippen LogP contribution >= 0.6 is 0 Å². The van der Waals surface area contributed by atoms with Gasteiger partial charge in [0.1, 0.15) is 0 Å². The lowest BCUT2D eigenvalue weighted by Crippen LogP contribution is -2.37. The normalized spacial score (nSPS) is 9.52. The molecule has 5 nitrogen and oxygen atoms in total. The van der Waals surface area contributed by atoms with E-state index in [0.717, 1.165) is 6.07 Å². The molecule has 0 aliphatic carbocycles. The van der Waals surface area contributed by atoms with Crippen molar-refractivity contribution >= 4 is 11.6 Å². The van der Waals surface area contributed by atoms with E-state index in [9.17, 15) is 13.6 Å². The first-order valence-electron chi connectivity index (χ1n) is 6.29. The van der Waals surface area contributed by atoms with Crippen LogP contribution in [-0.4, -0.2) is 30.4 Å². The van der Waals surface area contributed by atoms with Crippen LogP contribution in [0.3, 0.4) is 0 Å². The van der Waals surface area contributed by atoms with Crippen molar-refractivity contribution in [3.05, 3.63) is 29.8 Å². The molecule has 0 fully saturated rings. The predicted molar refractivity (Wildman–Crippen MR) is 71.9 cm³/mol. The first kappa shape index (κ1) is 16.4. The summed E-state index contributed by atoms with van der Waals surface area (Å²) < 4.78 is 26.4. The molecule has 0 bridgehead atoms. The second-order valence-electron chi connectivity index (χ2n) is 4.15. The highest BCUT2D eigenvalue weighted by Crippen LogP contribution is 2.16. The number of nitrogens with one attached hydrogen (secondary N) is 1. The Bertz CT molecular complexity index is 559. The van der Waals surface area contributed by atoms with Gasteiger partial charge < -0.3 is 10.2 Å². The summed E-state index contributed by atoms with van der Waals surface area (Å²) in [7, 11) is 0. The van der Waals surface area contributed by atoms with E-state index in [2.05, 4.69) is 5.32 Å². The standard InChI is InChI=1S/C14H14F2N4O/c15-11-4-1-5-12(14(11)16)19-10-13(21)20(8-2-6-17)9-3-7-18/h1,4-5,19H,2-3,8-10H2. The molecule has 7 heteroatoms. The van der Waals surface area contributed by atoms with Crippen LogP contribution in [0.4, 0.5) is 14.5 Å².